The van der Waals surface area contributed by atoms with Crippen LogP contribution >= 0.6 is 23.1 Å². The first-order chi connectivity index (χ1) is 9.56. The second-order valence-electron chi connectivity index (χ2n) is 4.68. The lowest BCUT2D eigenvalue weighted by Gasteiger charge is -2.29. The first-order valence-corrected chi connectivity index (χ1v) is 8.14. The number of hydrogen-bond donors (Lipinski definition) is 1. The van der Waals surface area contributed by atoms with Gasteiger partial charge < -0.3 is 10.6 Å². The van der Waals surface area contributed by atoms with Crippen LogP contribution in [-0.2, 0) is 0 Å². The molecule has 0 fully saturated rings. The monoisotopic (exact) mass is 305 g/mol. The molecule has 1 aromatic carbocycles. The van der Waals surface area contributed by atoms with Gasteiger partial charge in [-0.25, -0.2) is 4.98 Å². The molecule has 3 rings (SSSR count). The molecule has 2 N–H and O–H groups in total. The van der Waals surface area contributed by atoms with Crippen molar-refractivity contribution in [2.75, 3.05) is 22.9 Å². The van der Waals surface area contributed by atoms with E-state index in [0.717, 1.165) is 31.9 Å². The number of carbonyl (C=O) groups is 1. The van der Waals surface area contributed by atoms with Gasteiger partial charge in [0.25, 0.3) is 5.91 Å². The maximum absolute atomic E-state index is 12.8. The predicted molar refractivity (Wildman–Crippen MR) is 84.8 cm³/mol. The minimum absolute atomic E-state index is 0.0280. The molecule has 0 saturated heterocycles. The first-order valence-electron chi connectivity index (χ1n) is 6.34. The van der Waals surface area contributed by atoms with Gasteiger partial charge in [0, 0.05) is 22.9 Å². The van der Waals surface area contributed by atoms with Crippen LogP contribution < -0.4 is 10.6 Å². The van der Waals surface area contributed by atoms with Crippen LogP contribution in [0.5, 0.6) is 0 Å². The molecule has 2 heterocycles. The molecule has 0 aliphatic carbocycles. The summed E-state index contributed by atoms with van der Waals surface area (Å²) < 4.78 is 0. The summed E-state index contributed by atoms with van der Waals surface area (Å²) in [6.07, 6.45) is 0. The molecule has 6 heteroatoms. The van der Waals surface area contributed by atoms with Gasteiger partial charge in [-0.2, -0.15) is 0 Å². The molecule has 104 valence electrons. The smallest absolute Gasteiger partial charge is 0.270 e. The SMILES string of the molecule is Cc1nc(C)c(C(=O)N2CCSc3ccc(N)cc32)s1. The number of rotatable bonds is 1. The van der Waals surface area contributed by atoms with Gasteiger partial charge in [-0.1, -0.05) is 0 Å². The highest BCUT2D eigenvalue weighted by Gasteiger charge is 2.26. The van der Waals surface area contributed by atoms with Gasteiger partial charge in [0.1, 0.15) is 4.88 Å². The highest BCUT2D eigenvalue weighted by molar-refractivity contribution is 7.99. The molecule has 1 aromatic heterocycles. The largest absolute Gasteiger partial charge is 0.399 e. The summed E-state index contributed by atoms with van der Waals surface area (Å²) in [4.78, 5) is 20.8. The number of nitrogens with zero attached hydrogens (tertiary/aromatic N) is 2. The van der Waals surface area contributed by atoms with Crippen LogP contribution in [0.4, 0.5) is 11.4 Å². The zero-order valence-electron chi connectivity index (χ0n) is 11.3. The van der Waals surface area contributed by atoms with Gasteiger partial charge in [-0.3, -0.25) is 4.79 Å². The molecule has 0 atom stereocenters. The number of thiazole rings is 1. The van der Waals surface area contributed by atoms with Crippen LogP contribution in [-0.4, -0.2) is 23.2 Å². The van der Waals surface area contributed by atoms with E-state index in [1.807, 2.05) is 36.9 Å². The van der Waals surface area contributed by atoms with Crippen molar-refractivity contribution in [2.24, 2.45) is 0 Å². The van der Waals surface area contributed by atoms with Crippen molar-refractivity contribution in [2.45, 2.75) is 18.7 Å². The van der Waals surface area contributed by atoms with Crippen molar-refractivity contribution in [3.05, 3.63) is 33.8 Å². The number of carbonyl (C=O) groups excluding carboxylic acids is 1. The van der Waals surface area contributed by atoms with Crippen LogP contribution in [0.15, 0.2) is 23.1 Å². The third-order valence-corrected chi connectivity index (χ3v) is 5.29. The number of benzene rings is 1. The van der Waals surface area contributed by atoms with Crippen molar-refractivity contribution >= 4 is 40.4 Å². The number of nitrogen functional groups attached to an aromatic ring is 1. The van der Waals surface area contributed by atoms with Gasteiger partial charge >= 0.3 is 0 Å². The normalized spacial score (nSPS) is 14.2. The number of nitrogens with two attached hydrogens (primary N) is 1. The molecule has 1 aliphatic heterocycles. The zero-order valence-corrected chi connectivity index (χ0v) is 13.0. The Bertz CT molecular complexity index is 681. The Morgan fingerprint density at radius 2 is 2.20 bits per heavy atom. The number of anilines is 2. The number of fused-ring (bicyclic) bond motifs is 1. The molecule has 2 aromatic rings. The number of aryl methyl sites for hydroxylation is 2. The Hall–Kier alpha value is -1.53. The summed E-state index contributed by atoms with van der Waals surface area (Å²) >= 11 is 3.22. The van der Waals surface area contributed by atoms with E-state index >= 15 is 0 Å². The lowest BCUT2D eigenvalue weighted by Crippen LogP contribution is -2.35. The summed E-state index contributed by atoms with van der Waals surface area (Å²) in [6.45, 7) is 4.51. The fraction of sp³-hybridized carbons (Fsp3) is 0.286. The molecular formula is C14H15N3OS2. The molecular weight excluding hydrogens is 290 g/mol. The van der Waals surface area contributed by atoms with Crippen LogP contribution in [0.25, 0.3) is 0 Å². The maximum atomic E-state index is 12.8. The highest BCUT2D eigenvalue weighted by Crippen LogP contribution is 2.37. The van der Waals surface area contributed by atoms with Gasteiger partial charge in [0.15, 0.2) is 0 Å². The highest BCUT2D eigenvalue weighted by atomic mass is 32.2. The minimum Gasteiger partial charge on any atom is -0.399 e. The molecule has 0 bridgehead atoms. The van der Waals surface area contributed by atoms with Crippen molar-refractivity contribution < 1.29 is 4.79 Å². The van der Waals surface area contributed by atoms with E-state index in [9.17, 15) is 4.79 Å². The number of thioether (sulfide) groups is 1. The summed E-state index contributed by atoms with van der Waals surface area (Å²) in [5, 5.41) is 0.921. The average Bonchev–Trinajstić information content (AvgIpc) is 2.76. The topological polar surface area (TPSA) is 59.2 Å². The molecule has 1 amide bonds. The van der Waals surface area contributed by atoms with E-state index < -0.39 is 0 Å². The number of aromatic nitrogens is 1. The van der Waals surface area contributed by atoms with Crippen molar-refractivity contribution in [1.82, 2.24) is 4.98 Å². The van der Waals surface area contributed by atoms with Crippen LogP contribution in [0, 0.1) is 13.8 Å². The third-order valence-electron chi connectivity index (χ3n) is 3.19. The Kier molecular flexibility index (Phi) is 3.43. The lowest BCUT2D eigenvalue weighted by molar-refractivity contribution is 0.0991. The van der Waals surface area contributed by atoms with Crippen LogP contribution in [0.3, 0.4) is 0 Å². The Balaban J connectivity index is 2.02. The van der Waals surface area contributed by atoms with Gasteiger partial charge in [-0.05, 0) is 32.0 Å². The van der Waals surface area contributed by atoms with E-state index in [-0.39, 0.29) is 5.91 Å². The van der Waals surface area contributed by atoms with E-state index in [4.69, 9.17) is 5.73 Å². The first kappa shape index (κ1) is 13.5. The predicted octanol–water partition coefficient (Wildman–Crippen LogP) is 3.09. The van der Waals surface area contributed by atoms with Crippen LogP contribution in [0.2, 0.25) is 0 Å². The Morgan fingerprint density at radius 1 is 1.40 bits per heavy atom. The van der Waals surface area contributed by atoms with Crippen molar-refractivity contribution in [3.8, 4) is 0 Å². The molecule has 20 heavy (non-hydrogen) atoms. The molecule has 4 nitrogen and oxygen atoms in total. The zero-order chi connectivity index (χ0) is 14.3. The maximum Gasteiger partial charge on any atom is 0.270 e. The van der Waals surface area contributed by atoms with Gasteiger partial charge in [-0.15, -0.1) is 23.1 Å². The molecule has 0 unspecified atom stereocenters. The lowest BCUT2D eigenvalue weighted by atomic mass is 10.2. The summed E-state index contributed by atoms with van der Waals surface area (Å²) in [5.41, 5.74) is 8.26. The number of amides is 1. The van der Waals surface area contributed by atoms with Gasteiger partial charge in [0.2, 0.25) is 0 Å². The van der Waals surface area contributed by atoms with E-state index in [0.29, 0.717) is 12.2 Å². The molecule has 1 aliphatic rings. The summed E-state index contributed by atoms with van der Waals surface area (Å²) in [7, 11) is 0. The van der Waals surface area contributed by atoms with Crippen molar-refractivity contribution in [3.63, 3.8) is 0 Å². The summed E-state index contributed by atoms with van der Waals surface area (Å²) in [6, 6.07) is 5.74. The molecule has 0 saturated carbocycles. The van der Waals surface area contributed by atoms with Crippen molar-refractivity contribution in [1.29, 1.82) is 0 Å². The Morgan fingerprint density at radius 3 is 2.90 bits per heavy atom. The fourth-order valence-corrected chi connectivity index (χ4v) is 4.14. The second-order valence-corrected chi connectivity index (χ2v) is 7.02. The third kappa shape index (κ3) is 2.29. The fourth-order valence-electron chi connectivity index (χ4n) is 2.30. The molecule has 0 radical (unpaired) electrons. The molecule has 0 spiro atoms. The average molecular weight is 305 g/mol. The Labute approximate surface area is 126 Å². The van der Waals surface area contributed by atoms with Gasteiger partial charge in [0.05, 0.1) is 16.4 Å². The van der Waals surface area contributed by atoms with E-state index in [1.54, 1.807) is 11.8 Å². The summed E-state index contributed by atoms with van der Waals surface area (Å²) in [5.74, 6) is 0.930. The van der Waals surface area contributed by atoms with Crippen LogP contribution in [0.1, 0.15) is 20.4 Å². The van der Waals surface area contributed by atoms with E-state index in [1.165, 1.54) is 11.3 Å². The quantitative estimate of drug-likeness (QED) is 0.823. The number of hydrogen-bond acceptors (Lipinski definition) is 5. The second kappa shape index (κ2) is 5.10. The minimum atomic E-state index is 0.0280. The standard InChI is InChI=1S/C14H15N3OS2/c1-8-13(20-9(2)16-8)14(18)17-5-6-19-12-4-3-10(15)7-11(12)17/h3-4,7H,5-6,15H2,1-2H3. The van der Waals surface area contributed by atoms with E-state index in [2.05, 4.69) is 4.98 Å².